The molecule has 1 aromatic carbocycles. The van der Waals surface area contributed by atoms with E-state index >= 15 is 0 Å². The molecule has 27 heavy (non-hydrogen) atoms. The van der Waals surface area contributed by atoms with E-state index in [9.17, 15) is 13.2 Å². The minimum atomic E-state index is -4.17. The zero-order valence-corrected chi connectivity index (χ0v) is 17.3. The standard InChI is InChI=1S/C17H23F3N4O2.HI/c1-21-16(23-13-5-6-24(10-13)11-17(18,19)20)22-12-3-4-14-15(9-12)26-8-2-7-25-14;/h3-4,9,13H,2,5-8,10-11H2,1H3,(H2,21,22,23);1H. The maximum absolute atomic E-state index is 12.5. The summed E-state index contributed by atoms with van der Waals surface area (Å²) in [6.45, 7) is 1.10. The number of nitrogens with one attached hydrogen (secondary N) is 2. The lowest BCUT2D eigenvalue weighted by Gasteiger charge is -2.20. The van der Waals surface area contributed by atoms with Gasteiger partial charge >= 0.3 is 6.18 Å². The average molecular weight is 500 g/mol. The number of rotatable bonds is 3. The molecule has 0 saturated carbocycles. The molecule has 0 amide bonds. The number of alkyl halides is 3. The summed E-state index contributed by atoms with van der Waals surface area (Å²) in [5.74, 6) is 1.88. The van der Waals surface area contributed by atoms with Gasteiger partial charge in [0, 0.05) is 44.4 Å². The number of hydrogen-bond donors (Lipinski definition) is 2. The van der Waals surface area contributed by atoms with Gasteiger partial charge in [0.1, 0.15) is 0 Å². The van der Waals surface area contributed by atoms with E-state index in [0.717, 1.165) is 12.1 Å². The highest BCUT2D eigenvalue weighted by Gasteiger charge is 2.34. The number of halogens is 4. The number of fused-ring (bicyclic) bond motifs is 1. The van der Waals surface area contributed by atoms with Crippen molar-refractivity contribution in [1.82, 2.24) is 10.2 Å². The van der Waals surface area contributed by atoms with Crippen LogP contribution in [-0.2, 0) is 0 Å². The smallest absolute Gasteiger partial charge is 0.401 e. The zero-order chi connectivity index (χ0) is 18.6. The fourth-order valence-corrected chi connectivity index (χ4v) is 3.08. The van der Waals surface area contributed by atoms with Crippen molar-refractivity contribution in [3.8, 4) is 11.5 Å². The summed E-state index contributed by atoms with van der Waals surface area (Å²) in [4.78, 5) is 5.56. The lowest BCUT2D eigenvalue weighted by molar-refractivity contribution is -0.143. The van der Waals surface area contributed by atoms with Crippen LogP contribution >= 0.6 is 24.0 Å². The molecule has 0 spiro atoms. The molecular formula is C17H24F3IN4O2. The Labute approximate surface area is 173 Å². The van der Waals surface area contributed by atoms with Crippen LogP contribution in [-0.4, -0.2) is 63.0 Å². The number of benzene rings is 1. The quantitative estimate of drug-likeness (QED) is 0.380. The highest BCUT2D eigenvalue weighted by molar-refractivity contribution is 14.0. The Hall–Kier alpha value is -1.43. The zero-order valence-electron chi connectivity index (χ0n) is 15.0. The second kappa shape index (κ2) is 9.67. The van der Waals surface area contributed by atoms with E-state index in [4.69, 9.17) is 9.47 Å². The van der Waals surface area contributed by atoms with E-state index in [2.05, 4.69) is 15.6 Å². The van der Waals surface area contributed by atoms with Gasteiger partial charge in [-0.3, -0.25) is 9.89 Å². The fourth-order valence-electron chi connectivity index (χ4n) is 3.08. The molecule has 0 bridgehead atoms. The van der Waals surface area contributed by atoms with Crippen molar-refractivity contribution in [3.63, 3.8) is 0 Å². The first-order valence-corrected chi connectivity index (χ1v) is 8.62. The van der Waals surface area contributed by atoms with Gasteiger partial charge in [-0.05, 0) is 18.6 Å². The Morgan fingerprint density at radius 2 is 2.00 bits per heavy atom. The maximum atomic E-state index is 12.5. The van der Waals surface area contributed by atoms with E-state index < -0.39 is 12.7 Å². The third-order valence-electron chi connectivity index (χ3n) is 4.25. The molecule has 0 aromatic heterocycles. The first-order valence-electron chi connectivity index (χ1n) is 8.62. The predicted octanol–water partition coefficient (Wildman–Crippen LogP) is 3.09. The molecule has 0 radical (unpaired) electrons. The summed E-state index contributed by atoms with van der Waals surface area (Å²) >= 11 is 0. The van der Waals surface area contributed by atoms with Gasteiger partial charge in [0.05, 0.1) is 19.8 Å². The van der Waals surface area contributed by atoms with E-state index in [-0.39, 0.29) is 30.0 Å². The van der Waals surface area contributed by atoms with Gasteiger partial charge in [0.25, 0.3) is 0 Å². The monoisotopic (exact) mass is 500 g/mol. The van der Waals surface area contributed by atoms with Gasteiger partial charge in [0.2, 0.25) is 0 Å². The van der Waals surface area contributed by atoms with Crippen LogP contribution in [0, 0.1) is 0 Å². The molecule has 6 nitrogen and oxygen atoms in total. The molecule has 2 N–H and O–H groups in total. The summed E-state index contributed by atoms with van der Waals surface area (Å²) in [6, 6.07) is 5.43. The SMILES string of the molecule is CN=C(Nc1ccc2c(c1)OCCCO2)NC1CCN(CC(F)(F)F)C1.I. The average Bonchev–Trinajstić information content (AvgIpc) is 2.87. The minimum absolute atomic E-state index is 0. The Balaban J connectivity index is 0.00000261. The Morgan fingerprint density at radius 3 is 2.70 bits per heavy atom. The molecule has 2 aliphatic rings. The first-order chi connectivity index (χ1) is 12.4. The summed E-state index contributed by atoms with van der Waals surface area (Å²) in [5.41, 5.74) is 0.771. The van der Waals surface area contributed by atoms with Gasteiger partial charge in [-0.25, -0.2) is 0 Å². The Bertz CT molecular complexity index is 658. The van der Waals surface area contributed by atoms with Crippen molar-refractivity contribution in [2.75, 3.05) is 45.2 Å². The first kappa shape index (κ1) is 21.9. The van der Waals surface area contributed by atoms with Gasteiger partial charge in [-0.15, -0.1) is 24.0 Å². The van der Waals surface area contributed by atoms with Crippen LogP contribution < -0.4 is 20.1 Å². The van der Waals surface area contributed by atoms with E-state index in [1.54, 1.807) is 7.05 Å². The second-order valence-electron chi connectivity index (χ2n) is 6.39. The van der Waals surface area contributed by atoms with Gasteiger partial charge in [-0.2, -0.15) is 13.2 Å². The molecule has 0 aliphatic carbocycles. The molecule has 2 aliphatic heterocycles. The summed E-state index contributed by atoms with van der Waals surface area (Å²) in [6.07, 6.45) is -2.70. The Kier molecular flexibility index (Phi) is 7.83. The Morgan fingerprint density at radius 1 is 1.26 bits per heavy atom. The van der Waals surface area contributed by atoms with Crippen LogP contribution in [0.5, 0.6) is 11.5 Å². The number of aliphatic imine (C=N–C) groups is 1. The molecule has 1 atom stereocenters. The molecule has 1 aromatic rings. The molecule has 10 heteroatoms. The third-order valence-corrected chi connectivity index (χ3v) is 4.25. The van der Waals surface area contributed by atoms with Crippen molar-refractivity contribution in [2.24, 2.45) is 4.99 Å². The number of ether oxygens (including phenoxy) is 2. The normalized spacial score (nSPS) is 20.6. The van der Waals surface area contributed by atoms with Crippen LogP contribution in [0.25, 0.3) is 0 Å². The van der Waals surface area contributed by atoms with E-state index in [1.165, 1.54) is 4.90 Å². The highest BCUT2D eigenvalue weighted by atomic mass is 127. The predicted molar refractivity (Wildman–Crippen MR) is 108 cm³/mol. The molecule has 1 fully saturated rings. The maximum Gasteiger partial charge on any atom is 0.401 e. The van der Waals surface area contributed by atoms with Crippen molar-refractivity contribution in [2.45, 2.75) is 25.1 Å². The number of anilines is 1. The fraction of sp³-hybridized carbons (Fsp3) is 0.588. The van der Waals surface area contributed by atoms with Crippen molar-refractivity contribution in [3.05, 3.63) is 18.2 Å². The van der Waals surface area contributed by atoms with Crippen molar-refractivity contribution < 1.29 is 22.6 Å². The lowest BCUT2D eigenvalue weighted by atomic mass is 10.2. The second-order valence-corrected chi connectivity index (χ2v) is 6.39. The van der Waals surface area contributed by atoms with Crippen LogP contribution in [0.15, 0.2) is 23.2 Å². The number of hydrogen-bond acceptors (Lipinski definition) is 4. The van der Waals surface area contributed by atoms with Crippen LogP contribution in [0.1, 0.15) is 12.8 Å². The van der Waals surface area contributed by atoms with Crippen molar-refractivity contribution in [1.29, 1.82) is 0 Å². The number of nitrogens with zero attached hydrogens (tertiary/aromatic N) is 2. The van der Waals surface area contributed by atoms with Gasteiger partial charge in [-0.1, -0.05) is 0 Å². The van der Waals surface area contributed by atoms with Gasteiger partial charge < -0.3 is 20.1 Å². The molecular weight excluding hydrogens is 476 g/mol. The molecule has 1 unspecified atom stereocenters. The van der Waals surface area contributed by atoms with E-state index in [0.29, 0.717) is 50.2 Å². The van der Waals surface area contributed by atoms with Crippen LogP contribution in [0.2, 0.25) is 0 Å². The molecule has 1 saturated heterocycles. The summed E-state index contributed by atoms with van der Waals surface area (Å²) in [7, 11) is 1.63. The van der Waals surface area contributed by atoms with Crippen LogP contribution in [0.4, 0.5) is 18.9 Å². The number of likely N-dealkylation sites (tertiary alicyclic amines) is 1. The topological polar surface area (TPSA) is 58.1 Å². The highest BCUT2D eigenvalue weighted by Crippen LogP contribution is 2.32. The summed E-state index contributed by atoms with van der Waals surface area (Å²) in [5, 5.41) is 6.33. The van der Waals surface area contributed by atoms with E-state index in [1.807, 2.05) is 18.2 Å². The molecule has 3 rings (SSSR count). The lowest BCUT2D eigenvalue weighted by Crippen LogP contribution is -2.42. The molecule has 2 heterocycles. The third kappa shape index (κ3) is 6.59. The van der Waals surface area contributed by atoms with Gasteiger partial charge in [0.15, 0.2) is 17.5 Å². The largest absolute Gasteiger partial charge is 0.490 e. The minimum Gasteiger partial charge on any atom is -0.490 e. The van der Waals surface area contributed by atoms with Crippen molar-refractivity contribution >= 4 is 35.6 Å². The number of guanidine groups is 1. The molecule has 152 valence electrons. The van der Waals surface area contributed by atoms with Crippen LogP contribution in [0.3, 0.4) is 0 Å². The summed E-state index contributed by atoms with van der Waals surface area (Å²) < 4.78 is 48.8.